The van der Waals surface area contributed by atoms with Crippen molar-refractivity contribution in [3.63, 3.8) is 0 Å². The van der Waals surface area contributed by atoms with Gasteiger partial charge in [0, 0.05) is 18.8 Å². The number of aliphatic hydroxyl groups excluding tert-OH is 2. The first kappa shape index (κ1) is 14.9. The summed E-state index contributed by atoms with van der Waals surface area (Å²) < 4.78 is 0. The Kier molecular flexibility index (Phi) is 2.86. The summed E-state index contributed by atoms with van der Waals surface area (Å²) in [4.78, 5) is 12.7. The molecule has 4 heteroatoms. The summed E-state index contributed by atoms with van der Waals surface area (Å²) in [5.74, 6) is -0.205. The van der Waals surface area contributed by atoms with Crippen molar-refractivity contribution in [2.75, 3.05) is 0 Å². The fourth-order valence-electron chi connectivity index (χ4n) is 4.92. The van der Waals surface area contributed by atoms with Gasteiger partial charge < -0.3 is 15.3 Å². The summed E-state index contributed by atoms with van der Waals surface area (Å²) in [6.07, 6.45) is -0.938. The highest BCUT2D eigenvalue weighted by atomic mass is 16.3. The van der Waals surface area contributed by atoms with Gasteiger partial charge in [-0.15, -0.1) is 0 Å². The number of phenols is 1. The molecular formula is C21H18O4. The molecule has 0 saturated carbocycles. The van der Waals surface area contributed by atoms with Crippen LogP contribution in [0.1, 0.15) is 63.0 Å². The van der Waals surface area contributed by atoms with Crippen molar-refractivity contribution >= 4 is 16.9 Å². The number of carbonyl (C=O) groups excluding carboxylic acids is 1. The van der Waals surface area contributed by atoms with Gasteiger partial charge in [-0.05, 0) is 52.0 Å². The number of aromatic hydroxyl groups is 1. The third kappa shape index (κ3) is 1.76. The van der Waals surface area contributed by atoms with Crippen LogP contribution in [-0.2, 0) is 0 Å². The van der Waals surface area contributed by atoms with Crippen LogP contribution in [0.5, 0.6) is 5.75 Å². The summed E-state index contributed by atoms with van der Waals surface area (Å²) in [6.45, 7) is 1.96. The molecule has 0 amide bonds. The number of phenolic OH excluding ortho intramolecular Hbond substituents is 1. The normalized spacial score (nSPS) is 26.4. The lowest BCUT2D eigenvalue weighted by atomic mass is 9.77. The van der Waals surface area contributed by atoms with Crippen molar-refractivity contribution in [2.45, 2.75) is 37.9 Å². The number of rotatable bonds is 0. The molecule has 0 aliphatic heterocycles. The quantitative estimate of drug-likeness (QED) is 0.692. The molecule has 2 aromatic carbocycles. The van der Waals surface area contributed by atoms with Crippen molar-refractivity contribution in [2.24, 2.45) is 0 Å². The third-order valence-electron chi connectivity index (χ3n) is 5.89. The topological polar surface area (TPSA) is 77.8 Å². The van der Waals surface area contributed by atoms with Crippen LogP contribution >= 0.6 is 0 Å². The van der Waals surface area contributed by atoms with Crippen LogP contribution in [0, 0.1) is 6.92 Å². The zero-order valence-corrected chi connectivity index (χ0v) is 13.8. The molecular weight excluding hydrogens is 316 g/mol. The summed E-state index contributed by atoms with van der Waals surface area (Å²) in [7, 11) is 0. The number of benzene rings is 2. The van der Waals surface area contributed by atoms with E-state index in [0.717, 1.165) is 33.4 Å². The molecule has 126 valence electrons. The zero-order chi connectivity index (χ0) is 17.5. The second-order valence-electron chi connectivity index (χ2n) is 7.23. The van der Waals surface area contributed by atoms with Crippen LogP contribution in [0.2, 0.25) is 0 Å². The number of hydrogen-bond donors (Lipinski definition) is 3. The lowest BCUT2D eigenvalue weighted by molar-refractivity contribution is 0.0971. The van der Waals surface area contributed by atoms with E-state index >= 15 is 0 Å². The molecule has 3 aliphatic rings. The molecule has 0 heterocycles. The molecule has 0 spiro atoms. The van der Waals surface area contributed by atoms with Gasteiger partial charge in [0.1, 0.15) is 5.75 Å². The van der Waals surface area contributed by atoms with E-state index in [1.807, 2.05) is 25.1 Å². The summed E-state index contributed by atoms with van der Waals surface area (Å²) in [5, 5.41) is 31.5. The molecule has 0 fully saturated rings. The van der Waals surface area contributed by atoms with Crippen LogP contribution in [0.25, 0.3) is 11.1 Å². The number of ketones is 1. The highest BCUT2D eigenvalue weighted by molar-refractivity contribution is 6.14. The first-order chi connectivity index (χ1) is 12.0. The van der Waals surface area contributed by atoms with E-state index in [9.17, 15) is 20.1 Å². The van der Waals surface area contributed by atoms with Crippen molar-refractivity contribution in [1.82, 2.24) is 0 Å². The molecule has 0 bridgehead atoms. The Bertz CT molecular complexity index is 986. The molecule has 1 unspecified atom stereocenters. The average molecular weight is 334 g/mol. The highest BCUT2D eigenvalue weighted by Crippen LogP contribution is 2.58. The molecule has 3 atom stereocenters. The van der Waals surface area contributed by atoms with Gasteiger partial charge in [0.25, 0.3) is 0 Å². The lowest BCUT2D eigenvalue weighted by Gasteiger charge is -2.29. The molecule has 2 aromatic rings. The summed E-state index contributed by atoms with van der Waals surface area (Å²) in [5.41, 5.74) is 6.61. The number of aryl methyl sites for hydroxylation is 1. The van der Waals surface area contributed by atoms with Gasteiger partial charge in [-0.2, -0.15) is 0 Å². The molecule has 4 nitrogen and oxygen atoms in total. The Hall–Kier alpha value is -2.43. The highest BCUT2D eigenvalue weighted by Gasteiger charge is 2.45. The largest absolute Gasteiger partial charge is 0.507 e. The van der Waals surface area contributed by atoms with Gasteiger partial charge in [-0.3, -0.25) is 4.79 Å². The second kappa shape index (κ2) is 4.81. The van der Waals surface area contributed by atoms with E-state index in [1.54, 1.807) is 6.07 Å². The predicted octanol–water partition coefficient (Wildman–Crippen LogP) is 3.09. The van der Waals surface area contributed by atoms with Crippen LogP contribution in [0.4, 0.5) is 0 Å². The minimum atomic E-state index is -0.772. The van der Waals surface area contributed by atoms with Gasteiger partial charge in [0.15, 0.2) is 5.78 Å². The van der Waals surface area contributed by atoms with Crippen LogP contribution in [-0.4, -0.2) is 27.2 Å². The lowest BCUT2D eigenvalue weighted by Crippen LogP contribution is -2.22. The van der Waals surface area contributed by atoms with Crippen molar-refractivity contribution in [3.8, 4) is 5.75 Å². The molecule has 3 aliphatic carbocycles. The van der Waals surface area contributed by atoms with Gasteiger partial charge >= 0.3 is 0 Å². The SMILES string of the molecule is Cc1ccc2c3c1[C@@H](O)C[C@H](O)C3=C1c3cccc(O)c3C(=O)CC12. The fourth-order valence-corrected chi connectivity index (χ4v) is 4.92. The monoisotopic (exact) mass is 334 g/mol. The number of Topliss-reactive ketones (excluding diaryl/α,β-unsaturated/α-hetero) is 1. The number of carbonyl (C=O) groups is 1. The Morgan fingerprint density at radius 2 is 1.80 bits per heavy atom. The van der Waals surface area contributed by atoms with E-state index < -0.39 is 12.2 Å². The van der Waals surface area contributed by atoms with E-state index in [2.05, 4.69) is 0 Å². The smallest absolute Gasteiger partial charge is 0.168 e. The summed E-state index contributed by atoms with van der Waals surface area (Å²) >= 11 is 0. The zero-order valence-electron chi connectivity index (χ0n) is 13.8. The predicted molar refractivity (Wildman–Crippen MR) is 93.4 cm³/mol. The Labute approximate surface area is 145 Å². The molecule has 25 heavy (non-hydrogen) atoms. The van der Waals surface area contributed by atoms with E-state index in [1.165, 1.54) is 6.07 Å². The van der Waals surface area contributed by atoms with Crippen LogP contribution in [0.3, 0.4) is 0 Å². The average Bonchev–Trinajstić information content (AvgIpc) is 2.88. The molecule has 0 saturated heterocycles. The number of hydrogen-bond acceptors (Lipinski definition) is 4. The van der Waals surface area contributed by atoms with E-state index in [-0.39, 0.29) is 30.3 Å². The first-order valence-corrected chi connectivity index (χ1v) is 8.58. The van der Waals surface area contributed by atoms with E-state index in [4.69, 9.17) is 0 Å². The van der Waals surface area contributed by atoms with Crippen molar-refractivity contribution in [1.29, 1.82) is 0 Å². The van der Waals surface area contributed by atoms with E-state index in [0.29, 0.717) is 11.1 Å². The molecule has 0 radical (unpaired) electrons. The molecule has 0 aromatic heterocycles. The Morgan fingerprint density at radius 1 is 1.00 bits per heavy atom. The van der Waals surface area contributed by atoms with Crippen molar-refractivity contribution < 1.29 is 20.1 Å². The number of aliphatic hydroxyl groups is 2. The van der Waals surface area contributed by atoms with Gasteiger partial charge in [0.2, 0.25) is 0 Å². The van der Waals surface area contributed by atoms with Crippen molar-refractivity contribution in [3.05, 3.63) is 63.7 Å². The summed E-state index contributed by atoms with van der Waals surface area (Å²) in [6, 6.07) is 9.10. The molecule has 3 N–H and O–H groups in total. The van der Waals surface area contributed by atoms with Gasteiger partial charge in [-0.25, -0.2) is 0 Å². The minimum Gasteiger partial charge on any atom is -0.507 e. The van der Waals surface area contributed by atoms with Gasteiger partial charge in [-0.1, -0.05) is 24.3 Å². The first-order valence-electron chi connectivity index (χ1n) is 8.58. The van der Waals surface area contributed by atoms with Gasteiger partial charge in [0.05, 0.1) is 17.8 Å². The fraction of sp³-hybridized carbons (Fsp3) is 0.286. The minimum absolute atomic E-state index is 0.00764. The van der Waals surface area contributed by atoms with Crippen LogP contribution < -0.4 is 0 Å². The third-order valence-corrected chi connectivity index (χ3v) is 5.89. The number of allylic oxidation sites excluding steroid dienone is 1. The maximum atomic E-state index is 12.7. The Morgan fingerprint density at radius 3 is 2.60 bits per heavy atom. The number of fused-ring (bicyclic) bond motifs is 4. The maximum absolute atomic E-state index is 12.7. The standard InChI is InChI=1S/C21H18O4/c1-9-5-6-10-12-7-14(23)19-11(3-2-4-13(19)22)18(12)21-16(25)8-15(24)17(9)20(10)21/h2-6,12,15-16,22,24-25H,7-8H2,1H3/t12?,15-,16-/m0/s1. The second-order valence-corrected chi connectivity index (χ2v) is 7.23. The Balaban J connectivity index is 1.90. The maximum Gasteiger partial charge on any atom is 0.168 e. The van der Waals surface area contributed by atoms with Crippen LogP contribution in [0.15, 0.2) is 30.3 Å². The molecule has 5 rings (SSSR count).